The number of aromatic amines is 1. The third-order valence-corrected chi connectivity index (χ3v) is 7.84. The standard InChI is InChI=1S/C32H34F3N5O/c1-3-21-6-4-8-24-19-36-29(17-25(24)14-21)38-30-18-28(39-40-30)13-11-22-16-27(12-10-20(22)2)37-31(41)23-7-5-9-26(15-23)32(33,34)35/h5,7,9-10,12,15-19,21H,3-4,6,8,11,13-14H2,1-2H3,(H,37,41)(H2,36,38,39,40). The molecule has 41 heavy (non-hydrogen) atoms. The number of anilines is 3. The van der Waals surface area contributed by atoms with Gasteiger partial charge in [-0.15, -0.1) is 0 Å². The SMILES string of the molecule is CCC1CCCc2cnc(Nc3cc(CCc4cc(NC(=O)c5cccc(C(F)(F)F)c5)ccc4C)[nH]n3)cc2C1. The predicted molar refractivity (Wildman–Crippen MR) is 155 cm³/mol. The zero-order valence-electron chi connectivity index (χ0n) is 23.2. The predicted octanol–water partition coefficient (Wildman–Crippen LogP) is 7.82. The Hall–Kier alpha value is -4.14. The van der Waals surface area contributed by atoms with E-state index in [-0.39, 0.29) is 5.56 Å². The van der Waals surface area contributed by atoms with Crippen LogP contribution in [0.25, 0.3) is 0 Å². The number of hydrogen-bond donors (Lipinski definition) is 3. The maximum absolute atomic E-state index is 13.0. The lowest BCUT2D eigenvalue weighted by molar-refractivity contribution is -0.137. The number of carbonyl (C=O) groups is 1. The summed E-state index contributed by atoms with van der Waals surface area (Å²) in [7, 11) is 0. The van der Waals surface area contributed by atoms with Crippen molar-refractivity contribution >= 4 is 23.2 Å². The van der Waals surface area contributed by atoms with Crippen LogP contribution in [0.15, 0.2) is 60.8 Å². The Kier molecular flexibility index (Phi) is 8.42. The molecule has 0 saturated carbocycles. The molecule has 0 radical (unpaired) electrons. The molecule has 3 N–H and O–H groups in total. The molecule has 1 aliphatic rings. The van der Waals surface area contributed by atoms with Gasteiger partial charge in [0.25, 0.3) is 5.91 Å². The Morgan fingerprint density at radius 2 is 1.90 bits per heavy atom. The van der Waals surface area contributed by atoms with Crippen molar-refractivity contribution in [1.29, 1.82) is 0 Å². The minimum absolute atomic E-state index is 0.0476. The molecule has 0 fully saturated rings. The van der Waals surface area contributed by atoms with E-state index < -0.39 is 17.6 Å². The number of nitrogens with zero attached hydrogens (tertiary/aromatic N) is 2. The van der Waals surface area contributed by atoms with E-state index in [2.05, 4.69) is 38.8 Å². The number of carbonyl (C=O) groups excluding carboxylic acids is 1. The lowest BCUT2D eigenvalue weighted by atomic mass is 9.95. The quantitative estimate of drug-likeness (QED) is 0.192. The van der Waals surface area contributed by atoms with E-state index in [1.165, 1.54) is 42.5 Å². The summed E-state index contributed by atoms with van der Waals surface area (Å²) in [6.07, 6.45) is 4.71. The van der Waals surface area contributed by atoms with Crippen molar-refractivity contribution in [3.05, 3.63) is 99.9 Å². The highest BCUT2D eigenvalue weighted by Gasteiger charge is 2.31. The van der Waals surface area contributed by atoms with Gasteiger partial charge in [-0.3, -0.25) is 9.89 Å². The van der Waals surface area contributed by atoms with Gasteiger partial charge in [0, 0.05) is 29.2 Å². The normalized spacial score (nSPS) is 15.2. The number of alkyl halides is 3. The molecule has 6 nitrogen and oxygen atoms in total. The Morgan fingerprint density at radius 1 is 1.05 bits per heavy atom. The molecular weight excluding hydrogens is 527 g/mol. The number of pyridine rings is 1. The van der Waals surface area contributed by atoms with Crippen LogP contribution in [0.2, 0.25) is 0 Å². The number of benzene rings is 2. The fourth-order valence-corrected chi connectivity index (χ4v) is 5.36. The van der Waals surface area contributed by atoms with E-state index in [0.717, 1.165) is 53.5 Å². The molecule has 2 aromatic heterocycles. The zero-order chi connectivity index (χ0) is 29.0. The van der Waals surface area contributed by atoms with Gasteiger partial charge in [-0.25, -0.2) is 4.98 Å². The van der Waals surface area contributed by atoms with Crippen molar-refractivity contribution in [2.24, 2.45) is 5.92 Å². The van der Waals surface area contributed by atoms with Gasteiger partial charge in [-0.05, 0) is 110 Å². The van der Waals surface area contributed by atoms with Crippen LogP contribution in [0.5, 0.6) is 0 Å². The summed E-state index contributed by atoms with van der Waals surface area (Å²) >= 11 is 0. The third-order valence-electron chi connectivity index (χ3n) is 7.84. The van der Waals surface area contributed by atoms with E-state index in [1.54, 1.807) is 6.07 Å². The van der Waals surface area contributed by atoms with Gasteiger partial charge in [-0.2, -0.15) is 18.3 Å². The summed E-state index contributed by atoms with van der Waals surface area (Å²) in [6, 6.07) is 14.0. The van der Waals surface area contributed by atoms with Gasteiger partial charge in [0.15, 0.2) is 5.82 Å². The molecule has 0 aliphatic heterocycles. The van der Waals surface area contributed by atoms with Gasteiger partial charge in [0.2, 0.25) is 0 Å². The second-order valence-electron chi connectivity index (χ2n) is 10.8. The summed E-state index contributed by atoms with van der Waals surface area (Å²) in [5, 5.41) is 13.5. The van der Waals surface area contributed by atoms with Gasteiger partial charge in [0.05, 0.1) is 5.56 Å². The van der Waals surface area contributed by atoms with E-state index >= 15 is 0 Å². The van der Waals surface area contributed by atoms with Crippen molar-refractivity contribution in [2.75, 3.05) is 10.6 Å². The first kappa shape index (κ1) is 28.4. The number of hydrogen-bond acceptors (Lipinski definition) is 4. The lowest BCUT2D eigenvalue weighted by Gasteiger charge is -2.12. The summed E-state index contributed by atoms with van der Waals surface area (Å²) in [5.74, 6) is 1.62. The van der Waals surface area contributed by atoms with Crippen LogP contribution < -0.4 is 10.6 Å². The minimum Gasteiger partial charge on any atom is -0.323 e. The highest BCUT2D eigenvalue weighted by Crippen LogP contribution is 2.30. The number of nitrogens with one attached hydrogen (secondary N) is 3. The molecular formula is C32H34F3N5O. The van der Waals surface area contributed by atoms with E-state index in [4.69, 9.17) is 0 Å². The Morgan fingerprint density at radius 3 is 2.71 bits per heavy atom. The first-order valence-electron chi connectivity index (χ1n) is 14.0. The number of rotatable bonds is 8. The van der Waals surface area contributed by atoms with Crippen molar-refractivity contribution < 1.29 is 18.0 Å². The molecule has 5 rings (SSSR count). The molecule has 1 unspecified atom stereocenters. The first-order valence-corrected chi connectivity index (χ1v) is 14.0. The second-order valence-corrected chi connectivity index (χ2v) is 10.8. The van der Waals surface area contributed by atoms with E-state index in [1.807, 2.05) is 31.3 Å². The number of aryl methyl sites for hydroxylation is 4. The van der Waals surface area contributed by atoms with Gasteiger partial charge < -0.3 is 10.6 Å². The molecule has 4 aromatic rings. The molecule has 1 aliphatic carbocycles. The number of halogens is 3. The summed E-state index contributed by atoms with van der Waals surface area (Å²) in [4.78, 5) is 17.3. The van der Waals surface area contributed by atoms with Crippen LogP contribution in [0, 0.1) is 12.8 Å². The molecule has 0 saturated heterocycles. The zero-order valence-corrected chi connectivity index (χ0v) is 23.2. The average Bonchev–Trinajstić information content (AvgIpc) is 3.29. The Labute approximate surface area is 237 Å². The average molecular weight is 562 g/mol. The summed E-state index contributed by atoms with van der Waals surface area (Å²) in [5.41, 5.74) is 5.37. The van der Waals surface area contributed by atoms with Gasteiger partial charge >= 0.3 is 6.18 Å². The third kappa shape index (κ3) is 7.14. The highest BCUT2D eigenvalue weighted by molar-refractivity contribution is 6.04. The maximum Gasteiger partial charge on any atom is 0.416 e. The Balaban J connectivity index is 1.21. The van der Waals surface area contributed by atoms with Crippen LogP contribution in [0.1, 0.15) is 70.1 Å². The summed E-state index contributed by atoms with van der Waals surface area (Å²) in [6.45, 7) is 4.25. The van der Waals surface area contributed by atoms with Crippen molar-refractivity contribution in [1.82, 2.24) is 15.2 Å². The van der Waals surface area contributed by atoms with E-state index in [0.29, 0.717) is 24.3 Å². The monoisotopic (exact) mass is 561 g/mol. The van der Waals surface area contributed by atoms with Crippen LogP contribution in [0.4, 0.5) is 30.5 Å². The molecule has 2 aromatic carbocycles. The first-order chi connectivity index (χ1) is 19.7. The summed E-state index contributed by atoms with van der Waals surface area (Å²) < 4.78 is 39.1. The lowest BCUT2D eigenvalue weighted by Crippen LogP contribution is -2.14. The van der Waals surface area contributed by atoms with Crippen LogP contribution >= 0.6 is 0 Å². The number of amides is 1. The maximum atomic E-state index is 13.0. The molecule has 0 bridgehead atoms. The van der Waals surface area contributed by atoms with Crippen molar-refractivity contribution in [3.63, 3.8) is 0 Å². The largest absolute Gasteiger partial charge is 0.416 e. The van der Waals surface area contributed by atoms with Crippen molar-refractivity contribution in [3.8, 4) is 0 Å². The van der Waals surface area contributed by atoms with Crippen LogP contribution in [-0.2, 0) is 31.9 Å². The van der Waals surface area contributed by atoms with Crippen LogP contribution in [0.3, 0.4) is 0 Å². The fourth-order valence-electron chi connectivity index (χ4n) is 5.36. The highest BCUT2D eigenvalue weighted by atomic mass is 19.4. The molecule has 1 atom stereocenters. The molecule has 0 spiro atoms. The number of aromatic nitrogens is 3. The molecule has 9 heteroatoms. The number of fused-ring (bicyclic) bond motifs is 1. The fraction of sp³-hybridized carbons (Fsp3) is 0.344. The topological polar surface area (TPSA) is 82.7 Å². The van der Waals surface area contributed by atoms with Gasteiger partial charge in [-0.1, -0.05) is 25.5 Å². The minimum atomic E-state index is -4.51. The van der Waals surface area contributed by atoms with Crippen molar-refractivity contribution in [2.45, 2.75) is 65.0 Å². The smallest absolute Gasteiger partial charge is 0.323 e. The number of H-pyrrole nitrogens is 1. The second kappa shape index (κ2) is 12.2. The molecule has 214 valence electrons. The molecule has 1 amide bonds. The van der Waals surface area contributed by atoms with Gasteiger partial charge in [0.1, 0.15) is 5.82 Å². The van der Waals surface area contributed by atoms with E-state index in [9.17, 15) is 18.0 Å². The molecule has 2 heterocycles. The Bertz CT molecular complexity index is 1530. The van der Waals surface area contributed by atoms with Crippen LogP contribution in [-0.4, -0.2) is 21.1 Å².